The molecule has 0 aliphatic rings. The van der Waals surface area contributed by atoms with Crippen molar-refractivity contribution in [1.29, 1.82) is 0 Å². The summed E-state index contributed by atoms with van der Waals surface area (Å²) in [5.74, 6) is 1.64. The zero-order valence-electron chi connectivity index (χ0n) is 14.4. The van der Waals surface area contributed by atoms with Gasteiger partial charge in [0.25, 0.3) is 5.89 Å². The average molecular weight is 374 g/mol. The molecule has 136 valence electrons. The van der Waals surface area contributed by atoms with Crippen LogP contribution >= 0.6 is 0 Å². The summed E-state index contributed by atoms with van der Waals surface area (Å²) in [6.07, 6.45) is 0.152. The molecule has 0 atom stereocenters. The topological polar surface area (TPSA) is 91.5 Å². The molecule has 0 fully saturated rings. The molecule has 7 nitrogen and oxygen atoms in total. The molecule has 0 radical (unpaired) electrons. The molecule has 0 N–H and O–H groups in total. The van der Waals surface area contributed by atoms with Crippen molar-refractivity contribution in [3.8, 4) is 23.0 Å². The van der Waals surface area contributed by atoms with Crippen molar-refractivity contribution in [3.05, 3.63) is 54.4 Å². The van der Waals surface area contributed by atoms with Crippen LogP contribution in [0.1, 0.15) is 5.82 Å². The van der Waals surface area contributed by atoms with E-state index in [0.29, 0.717) is 22.9 Å². The highest BCUT2D eigenvalue weighted by molar-refractivity contribution is 7.91. The van der Waals surface area contributed by atoms with Gasteiger partial charge in [-0.05, 0) is 24.3 Å². The van der Waals surface area contributed by atoms with Gasteiger partial charge in [0.05, 0.1) is 30.4 Å². The lowest BCUT2D eigenvalue weighted by Gasteiger charge is -2.06. The molecule has 0 aliphatic heterocycles. The molecule has 0 saturated carbocycles. The third kappa shape index (κ3) is 3.85. The number of hydrogen-bond acceptors (Lipinski definition) is 7. The van der Waals surface area contributed by atoms with E-state index in [1.54, 1.807) is 55.6 Å². The quantitative estimate of drug-likeness (QED) is 0.628. The zero-order valence-corrected chi connectivity index (χ0v) is 15.2. The molecular weight excluding hydrogens is 356 g/mol. The minimum absolute atomic E-state index is 0.101. The van der Waals surface area contributed by atoms with Crippen LogP contribution in [0.5, 0.6) is 11.5 Å². The number of benzene rings is 2. The Morgan fingerprint density at radius 3 is 2.50 bits per heavy atom. The second kappa shape index (κ2) is 7.57. The van der Waals surface area contributed by atoms with E-state index in [0.717, 1.165) is 0 Å². The predicted molar refractivity (Wildman–Crippen MR) is 95.0 cm³/mol. The molecule has 0 spiro atoms. The van der Waals surface area contributed by atoms with Gasteiger partial charge in [0.15, 0.2) is 15.7 Å². The number of hydrogen-bond donors (Lipinski definition) is 0. The second-order valence-corrected chi connectivity index (χ2v) is 7.57. The molecular formula is C18H18N2O5S. The summed E-state index contributed by atoms with van der Waals surface area (Å²) in [5, 5.41) is 3.87. The summed E-state index contributed by atoms with van der Waals surface area (Å²) in [6, 6.07) is 13.5. The first-order valence-electron chi connectivity index (χ1n) is 7.86. The Balaban J connectivity index is 1.77. The van der Waals surface area contributed by atoms with Crippen LogP contribution in [0.3, 0.4) is 0 Å². The average Bonchev–Trinajstić information content (AvgIpc) is 3.15. The standard InChI is InChI=1S/C18H18N2O5S/c1-23-13-8-9-15(16(12-13)24-2)18-19-17(20-25-18)10-11-26(21,22)14-6-4-3-5-7-14/h3-9,12H,10-11H2,1-2H3. The molecule has 0 bridgehead atoms. The van der Waals surface area contributed by atoms with Gasteiger partial charge < -0.3 is 14.0 Å². The fraction of sp³-hybridized carbons (Fsp3) is 0.222. The SMILES string of the molecule is COc1ccc(-c2nc(CCS(=O)(=O)c3ccccc3)no2)c(OC)c1. The number of ether oxygens (including phenoxy) is 2. The van der Waals surface area contributed by atoms with E-state index in [2.05, 4.69) is 10.1 Å². The van der Waals surface area contributed by atoms with Gasteiger partial charge in [0.2, 0.25) is 0 Å². The van der Waals surface area contributed by atoms with E-state index in [1.807, 2.05) is 0 Å². The number of aryl methyl sites for hydroxylation is 1. The summed E-state index contributed by atoms with van der Waals surface area (Å²) in [4.78, 5) is 4.56. The lowest BCUT2D eigenvalue weighted by Crippen LogP contribution is -2.09. The van der Waals surface area contributed by atoms with Gasteiger partial charge in [-0.3, -0.25) is 0 Å². The fourth-order valence-corrected chi connectivity index (χ4v) is 3.67. The van der Waals surface area contributed by atoms with Crippen molar-refractivity contribution >= 4 is 9.84 Å². The Labute approximate surface area is 151 Å². The summed E-state index contributed by atoms with van der Waals surface area (Å²) < 4.78 is 40.4. The van der Waals surface area contributed by atoms with Crippen LogP contribution in [0.15, 0.2) is 57.9 Å². The maximum atomic E-state index is 12.3. The molecule has 2 aromatic carbocycles. The highest BCUT2D eigenvalue weighted by Gasteiger charge is 2.18. The van der Waals surface area contributed by atoms with Crippen molar-refractivity contribution in [2.45, 2.75) is 11.3 Å². The Kier molecular flexibility index (Phi) is 5.22. The number of rotatable bonds is 7. The third-order valence-corrected chi connectivity index (χ3v) is 5.54. The molecule has 8 heteroatoms. The van der Waals surface area contributed by atoms with Crippen molar-refractivity contribution in [1.82, 2.24) is 10.1 Å². The lowest BCUT2D eigenvalue weighted by atomic mass is 10.2. The molecule has 1 heterocycles. The van der Waals surface area contributed by atoms with Crippen LogP contribution in [-0.2, 0) is 16.3 Å². The highest BCUT2D eigenvalue weighted by Crippen LogP contribution is 2.32. The predicted octanol–water partition coefficient (Wildman–Crippen LogP) is 2.77. The van der Waals surface area contributed by atoms with E-state index in [4.69, 9.17) is 14.0 Å². The van der Waals surface area contributed by atoms with Crippen molar-refractivity contribution in [2.24, 2.45) is 0 Å². The Morgan fingerprint density at radius 2 is 1.81 bits per heavy atom. The number of aromatic nitrogens is 2. The summed E-state index contributed by atoms with van der Waals surface area (Å²) in [7, 11) is -0.307. The van der Waals surface area contributed by atoms with Crippen LogP contribution in [0.2, 0.25) is 0 Å². The van der Waals surface area contributed by atoms with Gasteiger partial charge in [-0.2, -0.15) is 4.98 Å². The molecule has 0 saturated heterocycles. The van der Waals surface area contributed by atoms with E-state index in [9.17, 15) is 8.42 Å². The monoisotopic (exact) mass is 374 g/mol. The first kappa shape index (κ1) is 17.9. The van der Waals surface area contributed by atoms with Gasteiger partial charge in [0.1, 0.15) is 11.5 Å². The molecule has 0 unspecified atom stereocenters. The summed E-state index contributed by atoms with van der Waals surface area (Å²) >= 11 is 0. The molecule has 3 rings (SSSR count). The minimum Gasteiger partial charge on any atom is -0.497 e. The molecule has 26 heavy (non-hydrogen) atoms. The lowest BCUT2D eigenvalue weighted by molar-refractivity contribution is 0.390. The van der Waals surface area contributed by atoms with E-state index in [-0.39, 0.29) is 23.0 Å². The Hall–Kier alpha value is -2.87. The van der Waals surface area contributed by atoms with Gasteiger partial charge in [0, 0.05) is 12.5 Å². The number of sulfone groups is 1. The van der Waals surface area contributed by atoms with Crippen LogP contribution in [-0.4, -0.2) is 38.5 Å². The first-order valence-corrected chi connectivity index (χ1v) is 9.51. The smallest absolute Gasteiger partial charge is 0.261 e. The highest BCUT2D eigenvalue weighted by atomic mass is 32.2. The minimum atomic E-state index is -3.40. The summed E-state index contributed by atoms with van der Waals surface area (Å²) in [5.41, 5.74) is 0.609. The van der Waals surface area contributed by atoms with Crippen LogP contribution in [0, 0.1) is 0 Å². The van der Waals surface area contributed by atoms with Gasteiger partial charge in [-0.15, -0.1) is 0 Å². The van der Waals surface area contributed by atoms with Gasteiger partial charge in [-0.1, -0.05) is 23.4 Å². The maximum Gasteiger partial charge on any atom is 0.261 e. The van der Waals surface area contributed by atoms with Gasteiger partial charge >= 0.3 is 0 Å². The zero-order chi connectivity index (χ0) is 18.6. The third-order valence-electron chi connectivity index (χ3n) is 3.80. The number of nitrogens with zero attached hydrogens (tertiary/aromatic N) is 2. The maximum absolute atomic E-state index is 12.3. The molecule has 0 amide bonds. The fourth-order valence-electron chi connectivity index (χ4n) is 2.41. The van der Waals surface area contributed by atoms with E-state index < -0.39 is 9.84 Å². The van der Waals surface area contributed by atoms with Crippen molar-refractivity contribution < 1.29 is 22.4 Å². The van der Waals surface area contributed by atoms with Gasteiger partial charge in [-0.25, -0.2) is 8.42 Å². The molecule has 1 aromatic heterocycles. The van der Waals surface area contributed by atoms with Crippen LogP contribution < -0.4 is 9.47 Å². The molecule has 3 aromatic rings. The van der Waals surface area contributed by atoms with Crippen molar-refractivity contribution in [2.75, 3.05) is 20.0 Å². The largest absolute Gasteiger partial charge is 0.497 e. The van der Waals surface area contributed by atoms with E-state index >= 15 is 0 Å². The normalized spacial score (nSPS) is 11.3. The Morgan fingerprint density at radius 1 is 1.04 bits per heavy atom. The van der Waals surface area contributed by atoms with Crippen molar-refractivity contribution in [3.63, 3.8) is 0 Å². The Bertz CT molecular complexity index is 984. The second-order valence-electron chi connectivity index (χ2n) is 5.46. The first-order chi connectivity index (χ1) is 12.5. The van der Waals surface area contributed by atoms with Crippen LogP contribution in [0.4, 0.5) is 0 Å². The molecule has 0 aliphatic carbocycles. The van der Waals surface area contributed by atoms with E-state index in [1.165, 1.54) is 7.11 Å². The summed E-state index contributed by atoms with van der Waals surface area (Å²) in [6.45, 7) is 0. The number of methoxy groups -OCH3 is 2. The van der Waals surface area contributed by atoms with Crippen LogP contribution in [0.25, 0.3) is 11.5 Å².